The lowest BCUT2D eigenvalue weighted by Crippen LogP contribution is -2.32. The van der Waals surface area contributed by atoms with E-state index in [2.05, 4.69) is 4.72 Å². The van der Waals surface area contributed by atoms with Gasteiger partial charge in [-0.1, -0.05) is 6.92 Å². The highest BCUT2D eigenvalue weighted by Gasteiger charge is 2.23. The zero-order valence-corrected chi connectivity index (χ0v) is 11.7. The Morgan fingerprint density at radius 3 is 2.53 bits per heavy atom. The number of nitrogens with one attached hydrogen (secondary N) is 1. The summed E-state index contributed by atoms with van der Waals surface area (Å²) in [7, 11) is -3.93. The van der Waals surface area contributed by atoms with Gasteiger partial charge in [0.1, 0.15) is 5.82 Å². The predicted octanol–water partition coefficient (Wildman–Crippen LogP) is 1.91. The topological polar surface area (TPSA) is 83.5 Å². The third-order valence-corrected chi connectivity index (χ3v) is 4.52. The smallest absolute Gasteiger partial charge is 0.335 e. The lowest BCUT2D eigenvalue weighted by Gasteiger charge is -2.14. The number of carboxylic acid groups (broad SMARTS) is 1. The van der Waals surface area contributed by atoms with Crippen LogP contribution in [0.2, 0.25) is 0 Å². The number of sulfonamides is 1. The van der Waals surface area contributed by atoms with Crippen LogP contribution in [0.15, 0.2) is 17.0 Å². The second-order valence-corrected chi connectivity index (χ2v) is 6.00. The fourth-order valence-corrected chi connectivity index (χ4v) is 3.07. The van der Waals surface area contributed by atoms with Crippen molar-refractivity contribution in [1.82, 2.24) is 4.72 Å². The molecule has 0 bridgehead atoms. The molecule has 5 nitrogen and oxygen atoms in total. The molecule has 1 rings (SSSR count). The summed E-state index contributed by atoms with van der Waals surface area (Å²) in [5.41, 5.74) is -0.492. The Labute approximate surface area is 111 Å². The van der Waals surface area contributed by atoms with Crippen LogP contribution in [0.3, 0.4) is 0 Å². The van der Waals surface area contributed by atoms with Crippen LogP contribution in [0.1, 0.15) is 36.2 Å². The van der Waals surface area contributed by atoms with Crippen LogP contribution >= 0.6 is 0 Å². The Morgan fingerprint density at radius 1 is 1.47 bits per heavy atom. The Hall–Kier alpha value is -1.47. The molecule has 0 aliphatic carbocycles. The Bertz CT molecular complexity index is 598. The maximum absolute atomic E-state index is 13.6. The van der Waals surface area contributed by atoms with Gasteiger partial charge in [0.2, 0.25) is 10.0 Å². The third-order valence-electron chi connectivity index (χ3n) is 2.80. The van der Waals surface area contributed by atoms with Crippen molar-refractivity contribution in [2.75, 3.05) is 0 Å². The van der Waals surface area contributed by atoms with Gasteiger partial charge < -0.3 is 5.11 Å². The summed E-state index contributed by atoms with van der Waals surface area (Å²) in [5.74, 6) is -2.23. The Morgan fingerprint density at radius 2 is 2.05 bits per heavy atom. The standard InChI is InChI=1S/C12H16FNO4S/c1-4-7(2)14-19(17,18)11-6-9(12(15)16)5-10(13)8(11)3/h5-7,14H,4H2,1-3H3,(H,15,16). The predicted molar refractivity (Wildman–Crippen MR) is 68.2 cm³/mol. The highest BCUT2D eigenvalue weighted by atomic mass is 32.2. The summed E-state index contributed by atoms with van der Waals surface area (Å²) >= 11 is 0. The number of rotatable bonds is 5. The highest BCUT2D eigenvalue weighted by molar-refractivity contribution is 7.89. The molecule has 0 saturated carbocycles. The maximum Gasteiger partial charge on any atom is 0.335 e. The second kappa shape index (κ2) is 5.66. The summed E-state index contributed by atoms with van der Waals surface area (Å²) < 4.78 is 40.1. The first-order valence-corrected chi connectivity index (χ1v) is 7.23. The van der Waals surface area contributed by atoms with Crippen LogP contribution in [-0.2, 0) is 10.0 Å². The number of carboxylic acids is 1. The molecule has 106 valence electrons. The molecule has 0 saturated heterocycles. The van der Waals surface area contributed by atoms with E-state index in [4.69, 9.17) is 5.11 Å². The second-order valence-electron chi connectivity index (χ2n) is 4.32. The van der Waals surface area contributed by atoms with Crippen molar-refractivity contribution < 1.29 is 22.7 Å². The van der Waals surface area contributed by atoms with E-state index in [1.54, 1.807) is 13.8 Å². The molecular formula is C12H16FNO4S. The molecule has 0 amide bonds. The van der Waals surface area contributed by atoms with Crippen LogP contribution in [-0.4, -0.2) is 25.5 Å². The number of aromatic carboxylic acids is 1. The third kappa shape index (κ3) is 3.51. The first-order valence-electron chi connectivity index (χ1n) is 5.74. The van der Waals surface area contributed by atoms with Gasteiger partial charge in [-0.05, 0) is 32.4 Å². The van der Waals surface area contributed by atoms with Gasteiger partial charge in [-0.15, -0.1) is 0 Å². The first kappa shape index (κ1) is 15.6. The molecule has 7 heteroatoms. The molecule has 1 atom stereocenters. The number of benzene rings is 1. The Balaban J connectivity index is 3.37. The van der Waals surface area contributed by atoms with Gasteiger partial charge in [-0.25, -0.2) is 22.3 Å². The van der Waals surface area contributed by atoms with Crippen molar-refractivity contribution in [3.05, 3.63) is 29.1 Å². The average molecular weight is 289 g/mol. The van der Waals surface area contributed by atoms with Crippen LogP contribution in [0.4, 0.5) is 4.39 Å². The fraction of sp³-hybridized carbons (Fsp3) is 0.417. The molecule has 1 aromatic carbocycles. The quantitative estimate of drug-likeness (QED) is 0.867. The maximum atomic E-state index is 13.6. The van der Waals surface area contributed by atoms with E-state index in [-0.39, 0.29) is 16.5 Å². The molecule has 19 heavy (non-hydrogen) atoms. The summed E-state index contributed by atoms with van der Waals surface area (Å²) in [4.78, 5) is 10.5. The van der Waals surface area contributed by atoms with E-state index < -0.39 is 27.4 Å². The molecule has 0 spiro atoms. The zero-order chi connectivity index (χ0) is 14.8. The van der Waals surface area contributed by atoms with E-state index in [9.17, 15) is 17.6 Å². The number of hydrogen-bond donors (Lipinski definition) is 2. The number of halogens is 1. The van der Waals surface area contributed by atoms with E-state index in [1.807, 2.05) is 0 Å². The minimum Gasteiger partial charge on any atom is -0.478 e. The van der Waals surface area contributed by atoms with Gasteiger partial charge >= 0.3 is 5.97 Å². The average Bonchev–Trinajstić information content (AvgIpc) is 2.31. The van der Waals surface area contributed by atoms with E-state index in [1.165, 1.54) is 6.92 Å². The fourth-order valence-electron chi connectivity index (χ4n) is 1.47. The summed E-state index contributed by atoms with van der Waals surface area (Å²) in [6, 6.07) is 1.45. The summed E-state index contributed by atoms with van der Waals surface area (Å²) in [6.07, 6.45) is 0.569. The first-order chi connectivity index (χ1) is 8.69. The van der Waals surface area contributed by atoms with Gasteiger partial charge in [0.25, 0.3) is 0 Å². The van der Waals surface area contributed by atoms with Crippen molar-refractivity contribution in [2.45, 2.75) is 38.1 Å². The SMILES string of the molecule is CCC(C)NS(=O)(=O)c1cc(C(=O)O)cc(F)c1C. The van der Waals surface area contributed by atoms with E-state index >= 15 is 0 Å². The molecule has 0 aliphatic rings. The van der Waals surface area contributed by atoms with Crippen molar-refractivity contribution in [3.8, 4) is 0 Å². The van der Waals surface area contributed by atoms with Crippen LogP contribution < -0.4 is 4.72 Å². The van der Waals surface area contributed by atoms with Crippen LogP contribution in [0.25, 0.3) is 0 Å². The molecular weight excluding hydrogens is 273 g/mol. The molecule has 0 heterocycles. The van der Waals surface area contributed by atoms with E-state index in [0.717, 1.165) is 12.1 Å². The van der Waals surface area contributed by atoms with Gasteiger partial charge in [-0.2, -0.15) is 0 Å². The zero-order valence-electron chi connectivity index (χ0n) is 10.9. The largest absolute Gasteiger partial charge is 0.478 e. The van der Waals surface area contributed by atoms with Crippen molar-refractivity contribution in [2.24, 2.45) is 0 Å². The lowest BCUT2D eigenvalue weighted by atomic mass is 10.1. The number of hydrogen-bond acceptors (Lipinski definition) is 3. The lowest BCUT2D eigenvalue weighted by molar-refractivity contribution is 0.0696. The number of carbonyl (C=O) groups is 1. The van der Waals surface area contributed by atoms with Crippen molar-refractivity contribution >= 4 is 16.0 Å². The molecule has 1 unspecified atom stereocenters. The van der Waals surface area contributed by atoms with E-state index in [0.29, 0.717) is 6.42 Å². The minimum absolute atomic E-state index is 0.0965. The summed E-state index contributed by atoms with van der Waals surface area (Å²) in [5, 5.41) is 8.84. The van der Waals surface area contributed by atoms with Gasteiger partial charge in [0.05, 0.1) is 10.5 Å². The van der Waals surface area contributed by atoms with Crippen molar-refractivity contribution in [3.63, 3.8) is 0 Å². The summed E-state index contributed by atoms with van der Waals surface area (Å²) in [6.45, 7) is 4.77. The van der Waals surface area contributed by atoms with Gasteiger partial charge in [0, 0.05) is 11.6 Å². The molecule has 0 fully saturated rings. The minimum atomic E-state index is -3.93. The van der Waals surface area contributed by atoms with Crippen LogP contribution in [0.5, 0.6) is 0 Å². The highest BCUT2D eigenvalue weighted by Crippen LogP contribution is 2.21. The molecule has 2 N–H and O–H groups in total. The molecule has 0 radical (unpaired) electrons. The normalized spacial score (nSPS) is 13.3. The van der Waals surface area contributed by atoms with Crippen molar-refractivity contribution in [1.29, 1.82) is 0 Å². The molecule has 0 aromatic heterocycles. The molecule has 0 aliphatic heterocycles. The van der Waals surface area contributed by atoms with Gasteiger partial charge in [-0.3, -0.25) is 0 Å². The van der Waals surface area contributed by atoms with Gasteiger partial charge in [0.15, 0.2) is 0 Å². The Kier molecular flexibility index (Phi) is 4.65. The monoisotopic (exact) mass is 289 g/mol. The molecule has 1 aromatic rings. The van der Waals surface area contributed by atoms with Crippen LogP contribution in [0, 0.1) is 12.7 Å².